The molecular formula is C13H13BN2O2S. The molecule has 2 rings (SSSR count). The second-order valence-electron chi connectivity index (χ2n) is 4.03. The molecule has 0 aliphatic rings. The van der Waals surface area contributed by atoms with Gasteiger partial charge < -0.3 is 14.3 Å². The standard InChI is InChI=1S/C13H13BN2O2S/c1-2-18-12(17)11-7-15-13(19)16(11)8-9-3-5-10(14)6-4-9/h3-7H,2,8H2,1H3,(H,15,19). The summed E-state index contributed by atoms with van der Waals surface area (Å²) in [6, 6.07) is 7.43. The van der Waals surface area contributed by atoms with E-state index in [0.717, 1.165) is 5.56 Å². The number of rotatable bonds is 4. The predicted molar refractivity (Wildman–Crippen MR) is 76.5 cm³/mol. The lowest BCUT2D eigenvalue weighted by molar-refractivity contribution is 0.0514. The van der Waals surface area contributed by atoms with Gasteiger partial charge in [0.2, 0.25) is 0 Å². The van der Waals surface area contributed by atoms with Crippen molar-refractivity contribution in [1.82, 2.24) is 9.55 Å². The lowest BCUT2D eigenvalue weighted by Gasteiger charge is -2.08. The molecule has 0 spiro atoms. The number of nitrogens with one attached hydrogen (secondary N) is 1. The van der Waals surface area contributed by atoms with Gasteiger partial charge in [-0.2, -0.15) is 0 Å². The highest BCUT2D eigenvalue weighted by Gasteiger charge is 2.13. The van der Waals surface area contributed by atoms with Gasteiger partial charge in [0.25, 0.3) is 0 Å². The molecule has 0 saturated carbocycles. The van der Waals surface area contributed by atoms with Crippen molar-refractivity contribution in [3.8, 4) is 0 Å². The van der Waals surface area contributed by atoms with E-state index >= 15 is 0 Å². The number of hydrogen-bond acceptors (Lipinski definition) is 3. The van der Waals surface area contributed by atoms with Crippen molar-refractivity contribution < 1.29 is 9.53 Å². The first kappa shape index (κ1) is 13.6. The van der Waals surface area contributed by atoms with Gasteiger partial charge in [-0.25, -0.2) is 4.79 Å². The molecular weight excluding hydrogens is 259 g/mol. The minimum atomic E-state index is -0.384. The van der Waals surface area contributed by atoms with Gasteiger partial charge in [-0.1, -0.05) is 29.7 Å². The van der Waals surface area contributed by atoms with E-state index in [-0.39, 0.29) is 5.97 Å². The average molecular weight is 272 g/mol. The first-order chi connectivity index (χ1) is 9.11. The molecule has 1 N–H and O–H groups in total. The summed E-state index contributed by atoms with van der Waals surface area (Å²) in [7, 11) is 5.64. The van der Waals surface area contributed by atoms with Crippen molar-refractivity contribution in [2.24, 2.45) is 0 Å². The van der Waals surface area contributed by atoms with Crippen molar-refractivity contribution in [2.45, 2.75) is 13.5 Å². The van der Waals surface area contributed by atoms with Crippen LogP contribution in [0.25, 0.3) is 0 Å². The molecule has 6 heteroatoms. The number of benzene rings is 1. The summed E-state index contributed by atoms with van der Waals surface area (Å²) in [4.78, 5) is 14.7. The van der Waals surface area contributed by atoms with Crippen molar-refractivity contribution in [3.63, 3.8) is 0 Å². The van der Waals surface area contributed by atoms with E-state index in [4.69, 9.17) is 24.8 Å². The van der Waals surface area contributed by atoms with Crippen LogP contribution in [0.5, 0.6) is 0 Å². The van der Waals surface area contributed by atoms with Gasteiger partial charge in [-0.15, -0.1) is 0 Å². The Morgan fingerprint density at radius 3 is 2.74 bits per heavy atom. The number of H-pyrrole nitrogens is 1. The number of hydrogen-bond donors (Lipinski definition) is 1. The molecule has 0 aliphatic carbocycles. The highest BCUT2D eigenvalue weighted by atomic mass is 32.1. The third kappa shape index (κ3) is 3.14. The molecule has 4 nitrogen and oxygen atoms in total. The molecule has 0 fully saturated rings. The summed E-state index contributed by atoms with van der Waals surface area (Å²) in [6.07, 6.45) is 1.57. The first-order valence-electron chi connectivity index (χ1n) is 5.91. The van der Waals surface area contributed by atoms with Gasteiger partial charge in [-0.3, -0.25) is 0 Å². The Hall–Kier alpha value is -1.82. The van der Waals surface area contributed by atoms with Gasteiger partial charge in [0, 0.05) is 6.20 Å². The molecule has 0 aliphatic heterocycles. The Labute approximate surface area is 117 Å². The molecule has 0 amide bonds. The average Bonchev–Trinajstić information content (AvgIpc) is 2.74. The highest BCUT2D eigenvalue weighted by molar-refractivity contribution is 7.71. The lowest BCUT2D eigenvalue weighted by Crippen LogP contribution is -2.13. The first-order valence-corrected chi connectivity index (χ1v) is 6.32. The quantitative estimate of drug-likeness (QED) is 0.522. The topological polar surface area (TPSA) is 47.0 Å². The monoisotopic (exact) mass is 272 g/mol. The second-order valence-corrected chi connectivity index (χ2v) is 4.41. The molecule has 19 heavy (non-hydrogen) atoms. The minimum absolute atomic E-state index is 0.332. The molecule has 0 saturated heterocycles. The number of nitrogens with zero attached hydrogens (tertiary/aromatic N) is 1. The number of aromatic amines is 1. The zero-order valence-electron chi connectivity index (χ0n) is 10.6. The number of carbonyl (C=O) groups excluding carboxylic acids is 1. The van der Waals surface area contributed by atoms with E-state index in [0.29, 0.717) is 29.1 Å². The maximum absolute atomic E-state index is 11.8. The van der Waals surface area contributed by atoms with Crippen molar-refractivity contribution in [2.75, 3.05) is 6.61 Å². The number of esters is 1. The van der Waals surface area contributed by atoms with E-state index in [1.807, 2.05) is 24.3 Å². The molecule has 1 aromatic carbocycles. The van der Waals surface area contributed by atoms with Crippen molar-refractivity contribution in [3.05, 3.63) is 46.5 Å². The Balaban J connectivity index is 2.29. The predicted octanol–water partition coefficient (Wildman–Crippen LogP) is 1.56. The summed E-state index contributed by atoms with van der Waals surface area (Å²) in [5.41, 5.74) is 2.13. The smallest absolute Gasteiger partial charge is 0.356 e. The van der Waals surface area contributed by atoms with Crippen molar-refractivity contribution in [1.29, 1.82) is 0 Å². The summed E-state index contributed by atoms with van der Waals surface area (Å²) >= 11 is 5.18. The summed E-state index contributed by atoms with van der Waals surface area (Å²) in [5, 5.41) is 0. The Morgan fingerprint density at radius 2 is 2.11 bits per heavy atom. The van der Waals surface area contributed by atoms with Gasteiger partial charge >= 0.3 is 5.97 Å². The highest BCUT2D eigenvalue weighted by Crippen LogP contribution is 2.08. The maximum atomic E-state index is 11.8. The van der Waals surface area contributed by atoms with Crippen LogP contribution in [0.3, 0.4) is 0 Å². The van der Waals surface area contributed by atoms with E-state index < -0.39 is 0 Å². The maximum Gasteiger partial charge on any atom is 0.356 e. The minimum Gasteiger partial charge on any atom is -0.461 e. The molecule has 1 aromatic heterocycles. The van der Waals surface area contributed by atoms with E-state index in [1.165, 1.54) is 0 Å². The molecule has 1 heterocycles. The Bertz CT molecular complexity index is 631. The van der Waals surface area contributed by atoms with Gasteiger partial charge in [0.05, 0.1) is 13.2 Å². The SMILES string of the molecule is [B]c1ccc(Cn2c(C(=O)OCC)c[nH]c2=S)cc1. The Morgan fingerprint density at radius 1 is 1.42 bits per heavy atom. The third-order valence-corrected chi connectivity index (χ3v) is 3.01. The number of ether oxygens (including phenoxy) is 1. The van der Waals surface area contributed by atoms with Crippen LogP contribution in [-0.4, -0.2) is 30.0 Å². The normalized spacial score (nSPS) is 10.4. The second kappa shape index (κ2) is 5.88. The molecule has 0 unspecified atom stereocenters. The van der Waals surface area contributed by atoms with Crippen LogP contribution in [-0.2, 0) is 11.3 Å². The van der Waals surface area contributed by atoms with Crippen LogP contribution in [0.15, 0.2) is 30.5 Å². The summed E-state index contributed by atoms with van der Waals surface area (Å²) < 4.78 is 7.19. The zero-order chi connectivity index (χ0) is 13.8. The summed E-state index contributed by atoms with van der Waals surface area (Å²) in [5.74, 6) is -0.384. The van der Waals surface area contributed by atoms with E-state index in [2.05, 4.69) is 4.98 Å². The Kier molecular flexibility index (Phi) is 4.22. The van der Waals surface area contributed by atoms with Crippen LogP contribution < -0.4 is 5.46 Å². The largest absolute Gasteiger partial charge is 0.461 e. The molecule has 2 aromatic rings. The lowest BCUT2D eigenvalue weighted by atomic mass is 9.95. The number of carbonyl (C=O) groups is 1. The zero-order valence-corrected chi connectivity index (χ0v) is 11.4. The summed E-state index contributed by atoms with van der Waals surface area (Å²) in [6.45, 7) is 2.60. The molecule has 96 valence electrons. The number of imidazole rings is 1. The van der Waals surface area contributed by atoms with Crippen LogP contribution >= 0.6 is 12.2 Å². The van der Waals surface area contributed by atoms with Gasteiger partial charge in [0.15, 0.2) is 4.77 Å². The van der Waals surface area contributed by atoms with Crippen LogP contribution in [0.2, 0.25) is 0 Å². The fraction of sp³-hybridized carbons (Fsp3) is 0.231. The molecule has 2 radical (unpaired) electrons. The van der Waals surface area contributed by atoms with Crippen LogP contribution in [0.4, 0.5) is 0 Å². The fourth-order valence-electron chi connectivity index (χ4n) is 1.73. The van der Waals surface area contributed by atoms with Gasteiger partial charge in [-0.05, 0) is 24.7 Å². The van der Waals surface area contributed by atoms with E-state index in [9.17, 15) is 4.79 Å². The van der Waals surface area contributed by atoms with Crippen LogP contribution in [0, 0.1) is 4.77 Å². The molecule has 0 bridgehead atoms. The van der Waals surface area contributed by atoms with Crippen LogP contribution in [0.1, 0.15) is 23.0 Å². The fourth-order valence-corrected chi connectivity index (χ4v) is 1.95. The van der Waals surface area contributed by atoms with Crippen molar-refractivity contribution >= 4 is 31.5 Å². The van der Waals surface area contributed by atoms with Gasteiger partial charge in [0.1, 0.15) is 13.5 Å². The molecule has 0 atom stereocenters. The number of aromatic nitrogens is 2. The van der Waals surface area contributed by atoms with E-state index in [1.54, 1.807) is 17.7 Å². The third-order valence-electron chi connectivity index (χ3n) is 2.67.